The smallest absolute Gasteiger partial charge is 0.370 e. The molecule has 2 heterocycles. The molecule has 0 bridgehead atoms. The van der Waals surface area contributed by atoms with Gasteiger partial charge in [0, 0.05) is 18.8 Å². The molecule has 0 atom stereocenters. The third kappa shape index (κ3) is 3.89. The fourth-order valence-corrected chi connectivity index (χ4v) is 5.93. The topological polar surface area (TPSA) is 118 Å². The summed E-state index contributed by atoms with van der Waals surface area (Å²) in [5, 5.41) is 18.4. The highest BCUT2D eigenvalue weighted by atomic mass is 32.2. The zero-order chi connectivity index (χ0) is 21.6. The molecule has 30 heavy (non-hydrogen) atoms. The van der Waals surface area contributed by atoms with Crippen molar-refractivity contribution in [3.05, 3.63) is 17.7 Å². The summed E-state index contributed by atoms with van der Waals surface area (Å²) in [7, 11) is -4.74. The molecular formula is C18H23F3N6O2S. The molecule has 0 radical (unpaired) electrons. The second-order valence-corrected chi connectivity index (χ2v) is 9.70. The maximum absolute atomic E-state index is 13.7. The van der Waals surface area contributed by atoms with Crippen LogP contribution in [0.1, 0.15) is 50.5 Å². The predicted octanol–water partition coefficient (Wildman–Crippen LogP) is 3.08. The van der Waals surface area contributed by atoms with Crippen LogP contribution in [0.3, 0.4) is 0 Å². The maximum Gasteiger partial charge on any atom is 0.417 e. The number of alkyl halides is 3. The summed E-state index contributed by atoms with van der Waals surface area (Å²) in [5.41, 5.74) is -1.17. The molecule has 1 aliphatic heterocycles. The number of aromatic nitrogens is 4. The number of piperidine rings is 1. The number of anilines is 1. The van der Waals surface area contributed by atoms with Crippen LogP contribution in [0.4, 0.5) is 18.9 Å². The molecule has 4 rings (SSSR count). The highest BCUT2D eigenvalue weighted by molar-refractivity contribution is 7.89. The molecule has 1 aliphatic carbocycles. The van der Waals surface area contributed by atoms with Crippen molar-refractivity contribution in [3.8, 4) is 11.4 Å². The number of sulfonamides is 1. The number of tetrazole rings is 1. The van der Waals surface area contributed by atoms with Gasteiger partial charge >= 0.3 is 6.18 Å². The van der Waals surface area contributed by atoms with E-state index in [4.69, 9.17) is 5.14 Å². The fourth-order valence-electron chi connectivity index (χ4n) is 4.96. The highest BCUT2D eigenvalue weighted by Gasteiger charge is 2.42. The standard InChI is InChI=1S/C18H23F3N6O2S/c19-18(20,21)12-5-6-13(14(15(12)30(22,28)29)16-23-25-26-24-16)27-10-4-9-17(11-27)7-2-1-3-8-17/h5-6H,1-4,7-11H2,(H2,22,28,29)(H,23,24,25,26). The van der Waals surface area contributed by atoms with E-state index in [1.807, 2.05) is 4.90 Å². The summed E-state index contributed by atoms with van der Waals surface area (Å²) < 4.78 is 65.6. The van der Waals surface area contributed by atoms with Gasteiger partial charge in [-0.1, -0.05) is 19.3 Å². The number of H-pyrrole nitrogens is 1. The number of hydrogen-bond acceptors (Lipinski definition) is 6. The van der Waals surface area contributed by atoms with Crippen LogP contribution in [0.15, 0.2) is 17.0 Å². The second-order valence-electron chi connectivity index (χ2n) is 8.20. The molecule has 12 heteroatoms. The molecule has 0 amide bonds. The monoisotopic (exact) mass is 444 g/mol. The van der Waals surface area contributed by atoms with Crippen molar-refractivity contribution in [2.24, 2.45) is 10.6 Å². The molecule has 1 aromatic heterocycles. The Hall–Kier alpha value is -2.21. The van der Waals surface area contributed by atoms with E-state index in [0.717, 1.165) is 44.6 Å². The van der Waals surface area contributed by atoms with Gasteiger partial charge in [-0.2, -0.15) is 18.4 Å². The lowest BCUT2D eigenvalue weighted by atomic mass is 9.69. The van der Waals surface area contributed by atoms with Crippen LogP contribution in [-0.4, -0.2) is 42.1 Å². The van der Waals surface area contributed by atoms with Gasteiger partial charge in [0.15, 0.2) is 0 Å². The SMILES string of the molecule is NS(=O)(=O)c1c(C(F)(F)F)ccc(N2CCCC3(CCCCC3)C2)c1-c1nn[nH]n1. The van der Waals surface area contributed by atoms with Gasteiger partial charge < -0.3 is 4.90 Å². The van der Waals surface area contributed by atoms with Gasteiger partial charge in [-0.3, -0.25) is 0 Å². The van der Waals surface area contributed by atoms with Crippen molar-refractivity contribution in [2.45, 2.75) is 56.0 Å². The van der Waals surface area contributed by atoms with Crippen LogP contribution in [0.25, 0.3) is 11.4 Å². The first-order chi connectivity index (χ1) is 14.1. The number of halogens is 3. The Morgan fingerprint density at radius 2 is 1.80 bits per heavy atom. The Morgan fingerprint density at radius 1 is 1.10 bits per heavy atom. The third-order valence-corrected chi connectivity index (χ3v) is 7.20. The van der Waals surface area contributed by atoms with E-state index in [1.54, 1.807) is 0 Å². The van der Waals surface area contributed by atoms with E-state index in [9.17, 15) is 21.6 Å². The summed E-state index contributed by atoms with van der Waals surface area (Å²) in [4.78, 5) is 0.937. The van der Waals surface area contributed by atoms with E-state index in [0.29, 0.717) is 18.8 Å². The van der Waals surface area contributed by atoms with Gasteiger partial charge in [-0.15, -0.1) is 10.2 Å². The first kappa shape index (κ1) is 21.0. The van der Waals surface area contributed by atoms with E-state index >= 15 is 0 Å². The minimum absolute atomic E-state index is 0.0927. The van der Waals surface area contributed by atoms with E-state index in [-0.39, 0.29) is 16.8 Å². The summed E-state index contributed by atoms with van der Waals surface area (Å²) in [5.74, 6) is -0.233. The zero-order valence-corrected chi connectivity index (χ0v) is 17.1. The Balaban J connectivity index is 1.90. The lowest BCUT2D eigenvalue weighted by molar-refractivity contribution is -0.139. The lowest BCUT2D eigenvalue weighted by Crippen LogP contribution is -2.44. The Bertz CT molecular complexity index is 1010. The Morgan fingerprint density at radius 3 is 2.40 bits per heavy atom. The molecule has 1 saturated carbocycles. The molecule has 1 aromatic carbocycles. The minimum atomic E-state index is -4.91. The molecule has 1 spiro atoms. The van der Waals surface area contributed by atoms with Crippen LogP contribution in [0.2, 0.25) is 0 Å². The maximum atomic E-state index is 13.7. The molecule has 164 valence electrons. The fraction of sp³-hybridized carbons (Fsp3) is 0.611. The van der Waals surface area contributed by atoms with Gasteiger partial charge in [0.1, 0.15) is 4.90 Å². The van der Waals surface area contributed by atoms with Crippen molar-refractivity contribution in [1.29, 1.82) is 0 Å². The van der Waals surface area contributed by atoms with Crippen molar-refractivity contribution >= 4 is 15.7 Å². The van der Waals surface area contributed by atoms with Crippen molar-refractivity contribution in [3.63, 3.8) is 0 Å². The van der Waals surface area contributed by atoms with Gasteiger partial charge in [0.05, 0.1) is 11.1 Å². The predicted molar refractivity (Wildman–Crippen MR) is 103 cm³/mol. The summed E-state index contributed by atoms with van der Waals surface area (Å²) in [6, 6.07) is 2.08. The van der Waals surface area contributed by atoms with Crippen LogP contribution in [-0.2, 0) is 16.2 Å². The summed E-state index contributed by atoms with van der Waals surface area (Å²) >= 11 is 0. The number of primary sulfonamides is 1. The first-order valence-electron chi connectivity index (χ1n) is 9.87. The average Bonchev–Trinajstić information content (AvgIpc) is 3.20. The number of aromatic amines is 1. The van der Waals surface area contributed by atoms with Crippen LogP contribution < -0.4 is 10.0 Å². The van der Waals surface area contributed by atoms with Crippen LogP contribution in [0.5, 0.6) is 0 Å². The number of nitrogens with two attached hydrogens (primary N) is 1. The molecule has 1 saturated heterocycles. The van der Waals surface area contributed by atoms with E-state index in [2.05, 4.69) is 20.6 Å². The van der Waals surface area contributed by atoms with Gasteiger partial charge in [-0.05, 0) is 48.4 Å². The van der Waals surface area contributed by atoms with Crippen LogP contribution >= 0.6 is 0 Å². The van der Waals surface area contributed by atoms with Gasteiger partial charge in [0.2, 0.25) is 15.8 Å². The van der Waals surface area contributed by atoms with E-state index in [1.165, 1.54) is 12.5 Å². The molecular weight excluding hydrogens is 421 g/mol. The Labute approximate surface area is 172 Å². The third-order valence-electron chi connectivity index (χ3n) is 6.21. The van der Waals surface area contributed by atoms with Crippen LogP contribution in [0, 0.1) is 5.41 Å². The van der Waals surface area contributed by atoms with Crippen molar-refractivity contribution in [1.82, 2.24) is 20.6 Å². The normalized spacial score (nSPS) is 19.9. The number of hydrogen-bond donors (Lipinski definition) is 2. The molecule has 2 fully saturated rings. The zero-order valence-electron chi connectivity index (χ0n) is 16.2. The number of nitrogens with one attached hydrogen (secondary N) is 1. The van der Waals surface area contributed by atoms with Crippen molar-refractivity contribution in [2.75, 3.05) is 18.0 Å². The summed E-state index contributed by atoms with van der Waals surface area (Å²) in [6.45, 7) is 1.25. The second kappa shape index (κ2) is 7.49. The first-order valence-corrected chi connectivity index (χ1v) is 11.4. The molecule has 2 aliphatic rings. The molecule has 2 aromatic rings. The molecule has 8 nitrogen and oxygen atoms in total. The number of nitrogens with zero attached hydrogens (tertiary/aromatic N) is 4. The average molecular weight is 444 g/mol. The Kier molecular flexibility index (Phi) is 5.25. The largest absolute Gasteiger partial charge is 0.417 e. The molecule has 0 unspecified atom stereocenters. The highest BCUT2D eigenvalue weighted by Crippen LogP contribution is 2.47. The van der Waals surface area contributed by atoms with E-state index < -0.39 is 26.7 Å². The quantitative estimate of drug-likeness (QED) is 0.751. The number of rotatable bonds is 3. The minimum Gasteiger partial charge on any atom is -0.370 e. The van der Waals surface area contributed by atoms with Gasteiger partial charge in [0.25, 0.3) is 0 Å². The summed E-state index contributed by atoms with van der Waals surface area (Å²) in [6.07, 6.45) is 2.58. The lowest BCUT2D eigenvalue weighted by Gasteiger charge is -2.46. The van der Waals surface area contributed by atoms with Crippen molar-refractivity contribution < 1.29 is 21.6 Å². The van der Waals surface area contributed by atoms with Gasteiger partial charge in [-0.25, -0.2) is 13.6 Å². The molecule has 3 N–H and O–H groups in total. The number of benzene rings is 1.